The second kappa shape index (κ2) is 5.51. The van der Waals surface area contributed by atoms with E-state index in [1.54, 1.807) is 0 Å². The number of nitrogens with one attached hydrogen (secondary N) is 1. The Balaban J connectivity index is 1.72. The van der Waals surface area contributed by atoms with Crippen molar-refractivity contribution in [2.45, 2.75) is 12.5 Å². The van der Waals surface area contributed by atoms with Crippen molar-refractivity contribution in [3.63, 3.8) is 0 Å². The molecular formula is C18H17NOS. The first-order valence-electron chi connectivity index (χ1n) is 7.33. The van der Waals surface area contributed by atoms with Crippen LogP contribution in [0.15, 0.2) is 53.9 Å². The maximum atomic E-state index is 6.38. The summed E-state index contributed by atoms with van der Waals surface area (Å²) < 4.78 is 6.38. The highest BCUT2D eigenvalue weighted by molar-refractivity contribution is 7.10. The van der Waals surface area contributed by atoms with Crippen molar-refractivity contribution >= 4 is 22.1 Å². The number of fused-ring (bicyclic) bond motifs is 2. The molecule has 106 valence electrons. The summed E-state index contributed by atoms with van der Waals surface area (Å²) in [6, 6.07) is 16.9. The van der Waals surface area contributed by atoms with Gasteiger partial charge in [-0.05, 0) is 29.3 Å². The number of benzene rings is 2. The first kappa shape index (κ1) is 12.9. The highest BCUT2D eigenvalue weighted by Crippen LogP contribution is 2.33. The highest BCUT2D eigenvalue weighted by atomic mass is 32.1. The normalized spacial score (nSPS) is 18.2. The Bertz CT molecular complexity index is 759. The van der Waals surface area contributed by atoms with Gasteiger partial charge in [0.2, 0.25) is 0 Å². The summed E-state index contributed by atoms with van der Waals surface area (Å²) in [4.78, 5) is 1.45. The lowest BCUT2D eigenvalue weighted by Gasteiger charge is -2.19. The van der Waals surface area contributed by atoms with E-state index < -0.39 is 0 Å². The maximum absolute atomic E-state index is 6.38. The van der Waals surface area contributed by atoms with Gasteiger partial charge in [0, 0.05) is 28.9 Å². The lowest BCUT2D eigenvalue weighted by Crippen LogP contribution is -2.23. The lowest BCUT2D eigenvalue weighted by molar-refractivity contribution is 0.208. The number of hydrogen-bond donors (Lipinski definition) is 1. The minimum atomic E-state index is 0.0968. The molecule has 1 aliphatic heterocycles. The molecule has 1 N–H and O–H groups in total. The van der Waals surface area contributed by atoms with Gasteiger partial charge in [0.25, 0.3) is 0 Å². The molecule has 0 spiro atoms. The van der Waals surface area contributed by atoms with Crippen molar-refractivity contribution < 1.29 is 4.74 Å². The largest absolute Gasteiger partial charge is 0.484 e. The summed E-state index contributed by atoms with van der Waals surface area (Å²) in [5.41, 5.74) is 1.35. The molecule has 0 amide bonds. The summed E-state index contributed by atoms with van der Waals surface area (Å²) in [6.07, 6.45) is 1.20. The zero-order chi connectivity index (χ0) is 14.1. The van der Waals surface area contributed by atoms with Crippen LogP contribution in [0.1, 0.15) is 16.5 Å². The minimum absolute atomic E-state index is 0.0968. The summed E-state index contributed by atoms with van der Waals surface area (Å²) in [5, 5.41) is 8.06. The van der Waals surface area contributed by atoms with Crippen LogP contribution in [0, 0.1) is 0 Å². The molecular weight excluding hydrogens is 278 g/mol. The molecule has 1 unspecified atom stereocenters. The van der Waals surface area contributed by atoms with Gasteiger partial charge < -0.3 is 10.1 Å². The Kier molecular flexibility index (Phi) is 3.37. The van der Waals surface area contributed by atoms with Crippen LogP contribution in [-0.4, -0.2) is 13.1 Å². The molecule has 0 fully saturated rings. The molecule has 2 nitrogen and oxygen atoms in total. The van der Waals surface area contributed by atoms with Crippen molar-refractivity contribution in [2.24, 2.45) is 0 Å². The van der Waals surface area contributed by atoms with Gasteiger partial charge in [-0.15, -0.1) is 11.3 Å². The second-order valence-corrected chi connectivity index (χ2v) is 6.34. The van der Waals surface area contributed by atoms with Gasteiger partial charge in [0.15, 0.2) is 0 Å². The van der Waals surface area contributed by atoms with E-state index >= 15 is 0 Å². The van der Waals surface area contributed by atoms with Crippen LogP contribution >= 0.6 is 11.3 Å². The monoisotopic (exact) mass is 295 g/mol. The second-order valence-electron chi connectivity index (χ2n) is 5.34. The van der Waals surface area contributed by atoms with Crippen molar-refractivity contribution in [1.29, 1.82) is 0 Å². The van der Waals surface area contributed by atoms with Crippen molar-refractivity contribution in [1.82, 2.24) is 5.32 Å². The van der Waals surface area contributed by atoms with E-state index in [2.05, 4.69) is 59.2 Å². The van der Waals surface area contributed by atoms with Gasteiger partial charge in [0.1, 0.15) is 11.9 Å². The molecule has 2 heterocycles. The Morgan fingerprint density at radius 2 is 1.95 bits per heavy atom. The first-order chi connectivity index (χ1) is 10.4. The molecule has 2 aromatic carbocycles. The van der Waals surface area contributed by atoms with E-state index in [0.29, 0.717) is 0 Å². The van der Waals surface area contributed by atoms with Gasteiger partial charge >= 0.3 is 0 Å². The zero-order valence-electron chi connectivity index (χ0n) is 11.7. The van der Waals surface area contributed by atoms with Crippen LogP contribution in [0.25, 0.3) is 10.8 Å². The number of thiophene rings is 1. The van der Waals surface area contributed by atoms with Crippen molar-refractivity contribution in [2.75, 3.05) is 13.1 Å². The van der Waals surface area contributed by atoms with Gasteiger partial charge in [0.05, 0.1) is 0 Å². The average Bonchev–Trinajstić information content (AvgIpc) is 2.91. The molecule has 0 saturated heterocycles. The molecule has 0 bridgehead atoms. The SMILES string of the molecule is c1ccc2c(OC3CNCCc4sccc43)cccc2c1. The molecule has 3 aromatic rings. The molecule has 21 heavy (non-hydrogen) atoms. The van der Waals surface area contributed by atoms with E-state index in [0.717, 1.165) is 25.3 Å². The lowest BCUT2D eigenvalue weighted by atomic mass is 10.1. The van der Waals surface area contributed by atoms with E-state index in [1.807, 2.05) is 11.3 Å². The van der Waals surface area contributed by atoms with E-state index in [9.17, 15) is 0 Å². The Labute approximate surface area is 128 Å². The van der Waals surface area contributed by atoms with E-state index in [1.165, 1.54) is 21.2 Å². The maximum Gasteiger partial charge on any atom is 0.137 e. The molecule has 0 radical (unpaired) electrons. The third-order valence-corrected chi connectivity index (χ3v) is 5.00. The molecule has 4 rings (SSSR count). The minimum Gasteiger partial charge on any atom is -0.484 e. The fourth-order valence-electron chi connectivity index (χ4n) is 2.94. The molecule has 1 aliphatic rings. The summed E-state index contributed by atoms with van der Waals surface area (Å²) in [6.45, 7) is 1.90. The smallest absolute Gasteiger partial charge is 0.137 e. The topological polar surface area (TPSA) is 21.3 Å². The summed E-state index contributed by atoms with van der Waals surface area (Å²) >= 11 is 1.84. The fourth-order valence-corrected chi connectivity index (χ4v) is 3.88. The average molecular weight is 295 g/mol. The summed E-state index contributed by atoms with van der Waals surface area (Å²) in [5.74, 6) is 0.971. The molecule has 0 aliphatic carbocycles. The molecule has 1 aromatic heterocycles. The van der Waals surface area contributed by atoms with Crippen molar-refractivity contribution in [3.05, 3.63) is 64.4 Å². The molecule has 3 heteroatoms. The molecule has 1 atom stereocenters. The highest BCUT2D eigenvalue weighted by Gasteiger charge is 2.21. The predicted octanol–water partition coefficient (Wildman–Crippen LogP) is 4.17. The van der Waals surface area contributed by atoms with Crippen LogP contribution in [0.3, 0.4) is 0 Å². The van der Waals surface area contributed by atoms with Gasteiger partial charge in [-0.3, -0.25) is 0 Å². The van der Waals surface area contributed by atoms with Gasteiger partial charge in [-0.2, -0.15) is 0 Å². The number of hydrogen-bond acceptors (Lipinski definition) is 3. The van der Waals surface area contributed by atoms with Crippen LogP contribution in [0.4, 0.5) is 0 Å². The third kappa shape index (κ3) is 2.43. The quantitative estimate of drug-likeness (QED) is 0.766. The standard InChI is InChI=1S/C18H17NOS/c1-2-6-14-13(4-1)5-3-7-16(14)20-17-12-19-10-8-18-15(17)9-11-21-18/h1-7,9,11,17,19H,8,10,12H2. The van der Waals surface area contributed by atoms with Crippen LogP contribution in [0.5, 0.6) is 5.75 Å². The van der Waals surface area contributed by atoms with Crippen LogP contribution < -0.4 is 10.1 Å². The van der Waals surface area contributed by atoms with Crippen LogP contribution in [0.2, 0.25) is 0 Å². The Morgan fingerprint density at radius 1 is 1.05 bits per heavy atom. The Morgan fingerprint density at radius 3 is 2.95 bits per heavy atom. The van der Waals surface area contributed by atoms with Crippen LogP contribution in [-0.2, 0) is 6.42 Å². The van der Waals surface area contributed by atoms with Gasteiger partial charge in [-0.1, -0.05) is 36.4 Å². The Hall–Kier alpha value is -1.84. The first-order valence-corrected chi connectivity index (χ1v) is 8.21. The third-order valence-electron chi connectivity index (χ3n) is 4.00. The predicted molar refractivity (Wildman–Crippen MR) is 88.2 cm³/mol. The summed E-state index contributed by atoms with van der Waals surface area (Å²) in [7, 11) is 0. The number of rotatable bonds is 2. The van der Waals surface area contributed by atoms with E-state index in [4.69, 9.17) is 4.74 Å². The zero-order valence-corrected chi connectivity index (χ0v) is 12.5. The molecule has 0 saturated carbocycles. The van der Waals surface area contributed by atoms with Crippen molar-refractivity contribution in [3.8, 4) is 5.75 Å². The number of ether oxygens (including phenoxy) is 1. The van der Waals surface area contributed by atoms with Gasteiger partial charge in [-0.25, -0.2) is 0 Å². The van der Waals surface area contributed by atoms with E-state index in [-0.39, 0.29) is 6.10 Å². The fraction of sp³-hybridized carbons (Fsp3) is 0.222.